The molecular weight excluding hydrogens is 535 g/mol. The number of nitrogens with two attached hydrogens (primary N) is 1. The van der Waals surface area contributed by atoms with Crippen LogP contribution in [-0.2, 0) is 39.5 Å². The Hall–Kier alpha value is -3.39. The van der Waals surface area contributed by atoms with Crippen molar-refractivity contribution in [2.75, 3.05) is 31.8 Å². The lowest BCUT2D eigenvalue weighted by molar-refractivity contribution is -0.154. The van der Waals surface area contributed by atoms with E-state index < -0.39 is 31.5 Å². The maximum absolute atomic E-state index is 13.6. The molecule has 2 aromatic heterocycles. The molecule has 39 heavy (non-hydrogen) atoms. The molecule has 1 fully saturated rings. The van der Waals surface area contributed by atoms with Crippen LogP contribution in [0.2, 0.25) is 0 Å². The van der Waals surface area contributed by atoms with E-state index in [9.17, 15) is 18.9 Å². The lowest BCUT2D eigenvalue weighted by Crippen LogP contribution is -2.47. The minimum Gasteiger partial charge on any atom is -0.478 e. The van der Waals surface area contributed by atoms with Gasteiger partial charge in [-0.1, -0.05) is 13.8 Å². The zero-order valence-corrected chi connectivity index (χ0v) is 23.2. The molecule has 0 aromatic carbocycles. The fourth-order valence-corrected chi connectivity index (χ4v) is 6.02. The molecule has 15 nitrogen and oxygen atoms in total. The van der Waals surface area contributed by atoms with Crippen molar-refractivity contribution in [3.63, 3.8) is 0 Å². The van der Waals surface area contributed by atoms with Gasteiger partial charge in [-0.05, 0) is 26.2 Å². The molecule has 1 unspecified atom stereocenters. The number of carboxylic acid groups (broad SMARTS) is 2. The van der Waals surface area contributed by atoms with E-state index in [0.717, 1.165) is 0 Å². The maximum Gasteiger partial charge on any atom is 0.328 e. The van der Waals surface area contributed by atoms with Crippen LogP contribution >= 0.6 is 7.52 Å². The van der Waals surface area contributed by atoms with Crippen LogP contribution < -0.4 is 5.73 Å². The van der Waals surface area contributed by atoms with Crippen molar-refractivity contribution in [1.82, 2.24) is 24.2 Å². The number of hydrogen-bond acceptors (Lipinski definition) is 11. The number of ether oxygens (including phenoxy) is 2. The summed E-state index contributed by atoms with van der Waals surface area (Å²) >= 11 is 0. The van der Waals surface area contributed by atoms with Crippen LogP contribution in [0.5, 0.6) is 0 Å². The predicted octanol–water partition coefficient (Wildman–Crippen LogP) is 1.99. The number of aliphatic carboxylic acids is 2. The van der Waals surface area contributed by atoms with Gasteiger partial charge in [0, 0.05) is 25.2 Å². The van der Waals surface area contributed by atoms with Crippen molar-refractivity contribution in [3.8, 4) is 0 Å². The topological polar surface area (TPSA) is 209 Å². The highest BCUT2D eigenvalue weighted by molar-refractivity contribution is 7.56. The Bertz CT molecular complexity index is 1200. The first-order valence-corrected chi connectivity index (χ1v) is 14.0. The van der Waals surface area contributed by atoms with Gasteiger partial charge in [-0.2, -0.15) is 0 Å². The molecule has 4 N–H and O–H groups in total. The zero-order chi connectivity index (χ0) is 29.2. The molecule has 0 bridgehead atoms. The summed E-state index contributed by atoms with van der Waals surface area (Å²) in [4.78, 5) is 44.1. The molecule has 3 rings (SSSR count). The third-order valence-corrected chi connectivity index (χ3v) is 7.62. The fourth-order valence-electron chi connectivity index (χ4n) is 3.69. The molecule has 3 heterocycles. The molecule has 0 amide bonds. The van der Waals surface area contributed by atoms with E-state index in [0.29, 0.717) is 55.3 Å². The van der Waals surface area contributed by atoms with E-state index in [-0.39, 0.29) is 25.0 Å². The van der Waals surface area contributed by atoms with E-state index in [1.54, 1.807) is 29.4 Å². The van der Waals surface area contributed by atoms with Gasteiger partial charge in [0.25, 0.3) is 7.52 Å². The van der Waals surface area contributed by atoms with Crippen LogP contribution in [0.4, 0.5) is 5.82 Å². The minimum absolute atomic E-state index is 0.0938. The van der Waals surface area contributed by atoms with Crippen LogP contribution in [0.25, 0.3) is 11.2 Å². The highest BCUT2D eigenvalue weighted by Gasteiger charge is 2.44. The first-order chi connectivity index (χ1) is 18.4. The number of hydrogen-bond donors (Lipinski definition) is 3. The average Bonchev–Trinajstić information content (AvgIpc) is 3.26. The van der Waals surface area contributed by atoms with E-state index in [4.69, 9.17) is 29.9 Å². The quantitative estimate of drug-likeness (QED) is 0.153. The van der Waals surface area contributed by atoms with Crippen LogP contribution in [0.15, 0.2) is 24.8 Å². The van der Waals surface area contributed by atoms with Gasteiger partial charge < -0.3 is 34.5 Å². The largest absolute Gasteiger partial charge is 0.478 e. The summed E-state index contributed by atoms with van der Waals surface area (Å²) in [5.41, 5.74) is 6.94. The Morgan fingerprint density at radius 2 is 1.82 bits per heavy atom. The van der Waals surface area contributed by atoms with Crippen molar-refractivity contribution < 1.29 is 43.2 Å². The number of nitrogens with zero attached hydrogens (tertiary/aromatic N) is 5. The summed E-state index contributed by atoms with van der Waals surface area (Å²) in [5, 5.41) is 15.6. The van der Waals surface area contributed by atoms with Gasteiger partial charge in [0.15, 0.2) is 11.5 Å². The van der Waals surface area contributed by atoms with Gasteiger partial charge >= 0.3 is 17.9 Å². The SMILES string of the molecule is CC(C)OC(=O)[C@H](C(C)C)N1CCCOP1(=O)COCCn1cnc2c(N)ncnc21.O=C(O)/C=C/C(=O)O. The van der Waals surface area contributed by atoms with E-state index in [2.05, 4.69) is 15.0 Å². The molecule has 216 valence electrons. The summed E-state index contributed by atoms with van der Waals surface area (Å²) in [6.45, 7) is 8.96. The molecule has 1 aliphatic rings. The number of rotatable bonds is 11. The van der Waals surface area contributed by atoms with Gasteiger partial charge in [0.05, 0.1) is 25.6 Å². The summed E-state index contributed by atoms with van der Waals surface area (Å²) in [5.74, 6) is -2.69. The number of esters is 1. The maximum atomic E-state index is 13.6. The number of carbonyl (C=O) groups is 3. The van der Waals surface area contributed by atoms with Gasteiger partial charge in [-0.15, -0.1) is 0 Å². The van der Waals surface area contributed by atoms with Crippen LogP contribution in [0.3, 0.4) is 0 Å². The average molecular weight is 571 g/mol. The van der Waals surface area contributed by atoms with Crippen molar-refractivity contribution >= 4 is 42.4 Å². The number of anilines is 1. The fraction of sp³-hybridized carbons (Fsp3) is 0.565. The van der Waals surface area contributed by atoms with Crippen molar-refractivity contribution in [2.24, 2.45) is 5.92 Å². The minimum atomic E-state index is -3.35. The molecule has 1 saturated heterocycles. The van der Waals surface area contributed by atoms with Crippen LogP contribution in [-0.4, -0.2) is 90.6 Å². The molecule has 2 aromatic rings. The first kappa shape index (κ1) is 31.8. The highest BCUT2D eigenvalue weighted by Crippen LogP contribution is 2.55. The van der Waals surface area contributed by atoms with Crippen molar-refractivity contribution in [2.45, 2.75) is 52.8 Å². The number of nitrogen functional groups attached to an aromatic ring is 1. The summed E-state index contributed by atoms with van der Waals surface area (Å²) < 4.78 is 33.9. The second-order valence-electron chi connectivity index (χ2n) is 9.08. The Labute approximate surface area is 225 Å². The summed E-state index contributed by atoms with van der Waals surface area (Å²) in [6, 6.07) is -0.658. The molecule has 2 atom stereocenters. The van der Waals surface area contributed by atoms with E-state index >= 15 is 0 Å². The molecule has 0 radical (unpaired) electrons. The number of carboxylic acids is 2. The number of imidazole rings is 1. The Morgan fingerprint density at radius 3 is 2.41 bits per heavy atom. The van der Waals surface area contributed by atoms with Crippen molar-refractivity contribution in [1.29, 1.82) is 0 Å². The second-order valence-corrected chi connectivity index (χ2v) is 11.4. The molecule has 0 spiro atoms. The van der Waals surface area contributed by atoms with E-state index in [1.807, 2.05) is 13.8 Å². The Kier molecular flexibility index (Phi) is 12.0. The molecule has 16 heteroatoms. The number of carbonyl (C=O) groups excluding carboxylic acids is 1. The van der Waals surface area contributed by atoms with E-state index in [1.165, 1.54) is 6.33 Å². The molecule has 0 saturated carbocycles. The Balaban J connectivity index is 0.000000580. The highest BCUT2D eigenvalue weighted by atomic mass is 31.2. The zero-order valence-electron chi connectivity index (χ0n) is 22.3. The third-order valence-electron chi connectivity index (χ3n) is 5.29. The van der Waals surface area contributed by atoms with Gasteiger partial charge in [0.2, 0.25) is 0 Å². The van der Waals surface area contributed by atoms with Crippen LogP contribution in [0, 0.1) is 5.92 Å². The summed E-state index contributed by atoms with van der Waals surface area (Å²) in [6.07, 6.45) is 4.42. The first-order valence-electron chi connectivity index (χ1n) is 12.2. The normalized spacial score (nSPS) is 18.7. The standard InChI is InChI=1S/C19H31N6O5P.C4H4O4/c1-13(2)16(19(26)30-14(3)4)25-6-5-8-29-31(25,27)12-28-9-7-24-11-23-15-17(20)21-10-22-18(15)24;5-3(6)1-2-4(7)8/h10-11,13-14,16H,5-9,12H2,1-4H3,(H2,20,21,22);1-2H,(H,5,6)(H,7,8)/b;2-1+/t16-,31?;/m0./s1. The predicted molar refractivity (Wildman–Crippen MR) is 140 cm³/mol. The van der Waals surface area contributed by atoms with Crippen molar-refractivity contribution in [3.05, 3.63) is 24.8 Å². The Morgan fingerprint density at radius 1 is 1.15 bits per heavy atom. The molecular formula is C23H35N6O9P. The van der Waals surface area contributed by atoms with Gasteiger partial charge in [0.1, 0.15) is 24.2 Å². The lowest BCUT2D eigenvalue weighted by Gasteiger charge is -2.40. The molecule has 0 aliphatic carbocycles. The van der Waals surface area contributed by atoms with Gasteiger partial charge in [-0.25, -0.2) is 29.2 Å². The number of fused-ring (bicyclic) bond motifs is 1. The molecule has 1 aliphatic heterocycles. The van der Waals surface area contributed by atoms with Crippen LogP contribution in [0.1, 0.15) is 34.1 Å². The lowest BCUT2D eigenvalue weighted by atomic mass is 10.0. The second kappa shape index (κ2) is 14.7. The van der Waals surface area contributed by atoms with Gasteiger partial charge in [-0.3, -0.25) is 9.36 Å². The smallest absolute Gasteiger partial charge is 0.328 e. The third kappa shape index (κ3) is 9.39. The summed E-state index contributed by atoms with van der Waals surface area (Å²) in [7, 11) is -3.35. The monoisotopic (exact) mass is 570 g/mol. The number of aromatic nitrogens is 4.